The van der Waals surface area contributed by atoms with Crippen molar-refractivity contribution in [2.75, 3.05) is 21.7 Å². The van der Waals surface area contributed by atoms with Crippen molar-refractivity contribution < 1.29 is 4.79 Å². The molecule has 0 radical (unpaired) electrons. The topological polar surface area (TPSA) is 91.8 Å². The summed E-state index contributed by atoms with van der Waals surface area (Å²) in [5.74, 6) is 0.892. The summed E-state index contributed by atoms with van der Waals surface area (Å²) in [5.41, 5.74) is 7.25. The van der Waals surface area contributed by atoms with Gasteiger partial charge in [-0.25, -0.2) is 0 Å². The lowest BCUT2D eigenvalue weighted by Gasteiger charge is -2.14. The Bertz CT molecular complexity index is 1270. The number of rotatable bonds is 10. The summed E-state index contributed by atoms with van der Waals surface area (Å²) in [4.78, 5) is 26.6. The highest BCUT2D eigenvalue weighted by Crippen LogP contribution is 2.25. The molecule has 0 fully saturated rings. The molecule has 3 aromatic carbocycles. The summed E-state index contributed by atoms with van der Waals surface area (Å²) >= 11 is 1.27. The standard InChI is InChI=1S/C29H32N6OS/c1-5-21-8-7-9-22(6-2)26(21)32-25(36)18-37-29-34-27(30-23-14-10-19(3)11-15-23)33-28(35-29)31-24-16-12-20(4)13-17-24/h7-17H,5-6,18H2,1-4H3,(H,32,36)(H2,30,31,33,34,35). The number of amides is 1. The van der Waals surface area contributed by atoms with Crippen molar-refractivity contribution in [3.63, 3.8) is 0 Å². The molecule has 1 aromatic heterocycles. The van der Waals surface area contributed by atoms with Gasteiger partial charge in [-0.2, -0.15) is 15.0 Å². The minimum Gasteiger partial charge on any atom is -0.325 e. The third kappa shape index (κ3) is 7.30. The van der Waals surface area contributed by atoms with Crippen LogP contribution < -0.4 is 16.0 Å². The zero-order chi connectivity index (χ0) is 26.2. The van der Waals surface area contributed by atoms with E-state index in [1.54, 1.807) is 0 Å². The highest BCUT2D eigenvalue weighted by molar-refractivity contribution is 7.99. The number of thioether (sulfide) groups is 1. The number of benzene rings is 3. The Kier molecular flexibility index (Phi) is 8.74. The second-order valence-electron chi connectivity index (χ2n) is 8.74. The smallest absolute Gasteiger partial charge is 0.234 e. The van der Waals surface area contributed by atoms with Crippen molar-refractivity contribution in [2.24, 2.45) is 0 Å². The lowest BCUT2D eigenvalue weighted by molar-refractivity contribution is -0.113. The number of hydrogen-bond acceptors (Lipinski definition) is 7. The monoisotopic (exact) mass is 512 g/mol. The lowest BCUT2D eigenvalue weighted by atomic mass is 10.0. The molecule has 0 atom stereocenters. The Morgan fingerprint density at radius 3 is 1.68 bits per heavy atom. The zero-order valence-corrected chi connectivity index (χ0v) is 22.4. The minimum atomic E-state index is -0.0953. The van der Waals surface area contributed by atoms with E-state index in [9.17, 15) is 4.79 Å². The average molecular weight is 513 g/mol. The Labute approximate surface area is 222 Å². The Morgan fingerprint density at radius 1 is 0.730 bits per heavy atom. The molecule has 7 nitrogen and oxygen atoms in total. The molecular weight excluding hydrogens is 480 g/mol. The van der Waals surface area contributed by atoms with Crippen molar-refractivity contribution in [1.29, 1.82) is 0 Å². The highest BCUT2D eigenvalue weighted by Gasteiger charge is 2.13. The number of para-hydroxylation sites is 1. The molecule has 0 saturated heterocycles. The van der Waals surface area contributed by atoms with E-state index in [-0.39, 0.29) is 11.7 Å². The van der Waals surface area contributed by atoms with Crippen molar-refractivity contribution in [3.8, 4) is 0 Å². The van der Waals surface area contributed by atoms with Gasteiger partial charge in [-0.05, 0) is 62.1 Å². The molecule has 3 N–H and O–H groups in total. The predicted octanol–water partition coefficient (Wildman–Crippen LogP) is 6.83. The molecule has 0 aliphatic carbocycles. The van der Waals surface area contributed by atoms with E-state index >= 15 is 0 Å². The van der Waals surface area contributed by atoms with Gasteiger partial charge in [0.25, 0.3) is 0 Å². The number of nitrogens with one attached hydrogen (secondary N) is 3. The van der Waals surface area contributed by atoms with Gasteiger partial charge in [-0.1, -0.05) is 79.2 Å². The molecular formula is C29H32N6OS. The van der Waals surface area contributed by atoms with Crippen molar-refractivity contribution in [2.45, 2.75) is 45.7 Å². The fourth-order valence-electron chi connectivity index (χ4n) is 3.77. The first-order valence-electron chi connectivity index (χ1n) is 12.4. The number of carbonyl (C=O) groups excluding carboxylic acids is 1. The van der Waals surface area contributed by atoms with Gasteiger partial charge < -0.3 is 16.0 Å². The van der Waals surface area contributed by atoms with Crippen molar-refractivity contribution in [1.82, 2.24) is 15.0 Å². The molecule has 190 valence electrons. The SMILES string of the molecule is CCc1cccc(CC)c1NC(=O)CSc1nc(Nc2ccc(C)cc2)nc(Nc2ccc(C)cc2)n1. The first kappa shape index (κ1) is 26.2. The second kappa shape index (κ2) is 12.4. The maximum atomic E-state index is 12.9. The molecule has 0 bridgehead atoms. The second-order valence-corrected chi connectivity index (χ2v) is 9.68. The maximum absolute atomic E-state index is 12.9. The van der Waals surface area contributed by atoms with Crippen LogP contribution in [-0.2, 0) is 17.6 Å². The number of nitrogens with zero attached hydrogens (tertiary/aromatic N) is 3. The van der Waals surface area contributed by atoms with Crippen LogP contribution in [0.5, 0.6) is 0 Å². The third-order valence-corrected chi connectivity index (χ3v) is 6.67. The fraction of sp³-hybridized carbons (Fsp3) is 0.241. The molecule has 0 spiro atoms. The molecule has 37 heavy (non-hydrogen) atoms. The van der Waals surface area contributed by atoms with Crippen molar-refractivity contribution >= 4 is 46.6 Å². The van der Waals surface area contributed by atoms with Crippen LogP contribution in [0, 0.1) is 13.8 Å². The van der Waals surface area contributed by atoms with E-state index in [0.29, 0.717) is 17.1 Å². The molecule has 4 rings (SSSR count). The molecule has 8 heteroatoms. The Hall–Kier alpha value is -3.91. The van der Waals surface area contributed by atoms with Crippen LogP contribution in [0.4, 0.5) is 29.0 Å². The minimum absolute atomic E-state index is 0.0953. The summed E-state index contributed by atoms with van der Waals surface area (Å²) in [6.45, 7) is 8.27. The molecule has 1 heterocycles. The van der Waals surface area contributed by atoms with Gasteiger partial charge in [-0.15, -0.1) is 0 Å². The van der Waals surface area contributed by atoms with E-state index in [1.165, 1.54) is 22.9 Å². The van der Waals surface area contributed by atoms with Gasteiger partial charge in [0.2, 0.25) is 17.8 Å². The Morgan fingerprint density at radius 2 is 1.22 bits per heavy atom. The summed E-state index contributed by atoms with van der Waals surface area (Å²) in [5, 5.41) is 10.1. The summed E-state index contributed by atoms with van der Waals surface area (Å²) in [6, 6.07) is 22.1. The van der Waals surface area contributed by atoms with E-state index in [2.05, 4.69) is 56.9 Å². The Balaban J connectivity index is 1.53. The lowest BCUT2D eigenvalue weighted by Crippen LogP contribution is -2.17. The van der Waals surface area contributed by atoms with Crippen LogP contribution in [-0.4, -0.2) is 26.6 Å². The van der Waals surface area contributed by atoms with E-state index in [0.717, 1.165) is 41.0 Å². The molecule has 1 amide bonds. The van der Waals surface area contributed by atoms with Crippen molar-refractivity contribution in [3.05, 3.63) is 89.0 Å². The number of aromatic nitrogens is 3. The molecule has 0 unspecified atom stereocenters. The fourth-order valence-corrected chi connectivity index (χ4v) is 4.41. The van der Waals surface area contributed by atoms with Crippen LogP contribution in [0.25, 0.3) is 0 Å². The number of anilines is 5. The largest absolute Gasteiger partial charge is 0.325 e. The number of carbonyl (C=O) groups is 1. The van der Waals surface area contributed by atoms with Crippen LogP contribution >= 0.6 is 11.8 Å². The summed E-state index contributed by atoms with van der Waals surface area (Å²) in [7, 11) is 0. The molecule has 0 aliphatic heterocycles. The van der Waals surface area contributed by atoms with Crippen LogP contribution in [0.2, 0.25) is 0 Å². The van der Waals surface area contributed by atoms with Crippen LogP contribution in [0.15, 0.2) is 71.9 Å². The predicted molar refractivity (Wildman–Crippen MR) is 153 cm³/mol. The van der Waals surface area contributed by atoms with Gasteiger partial charge in [-0.3, -0.25) is 4.79 Å². The number of aryl methyl sites for hydroxylation is 4. The zero-order valence-electron chi connectivity index (χ0n) is 21.6. The molecule has 0 aliphatic rings. The number of hydrogen-bond donors (Lipinski definition) is 3. The van der Waals surface area contributed by atoms with E-state index < -0.39 is 0 Å². The quantitative estimate of drug-likeness (QED) is 0.201. The van der Waals surface area contributed by atoms with Gasteiger partial charge in [0, 0.05) is 17.1 Å². The normalized spacial score (nSPS) is 10.7. The highest BCUT2D eigenvalue weighted by atomic mass is 32.2. The van der Waals surface area contributed by atoms with Crippen LogP contribution in [0.1, 0.15) is 36.1 Å². The van der Waals surface area contributed by atoms with Gasteiger partial charge in [0.1, 0.15) is 0 Å². The first-order chi connectivity index (χ1) is 17.9. The third-order valence-electron chi connectivity index (χ3n) is 5.83. The molecule has 0 saturated carbocycles. The van der Waals surface area contributed by atoms with Gasteiger partial charge >= 0.3 is 0 Å². The van der Waals surface area contributed by atoms with E-state index in [4.69, 9.17) is 0 Å². The molecule has 4 aromatic rings. The summed E-state index contributed by atoms with van der Waals surface area (Å²) < 4.78 is 0. The van der Waals surface area contributed by atoms with Gasteiger partial charge in [0.05, 0.1) is 5.75 Å². The van der Waals surface area contributed by atoms with Gasteiger partial charge in [0.15, 0.2) is 5.16 Å². The average Bonchev–Trinajstić information content (AvgIpc) is 2.90. The summed E-state index contributed by atoms with van der Waals surface area (Å²) in [6.07, 6.45) is 1.71. The first-order valence-corrected chi connectivity index (χ1v) is 13.4. The van der Waals surface area contributed by atoms with E-state index in [1.807, 2.05) is 68.4 Å². The van der Waals surface area contributed by atoms with Crippen LogP contribution in [0.3, 0.4) is 0 Å². The maximum Gasteiger partial charge on any atom is 0.234 e.